The first kappa shape index (κ1) is 28.7. The Morgan fingerprint density at radius 2 is 1.91 bits per heavy atom. The molecule has 1 saturated carbocycles. The number of hydrogen-bond acceptors (Lipinski definition) is 5. The third kappa shape index (κ3) is 4.43. The van der Waals surface area contributed by atoms with E-state index in [9.17, 15) is 14.0 Å². The highest BCUT2D eigenvalue weighted by Gasteiger charge is 2.62. The summed E-state index contributed by atoms with van der Waals surface area (Å²) in [6.07, 6.45) is 9.22. The standard InChI is InChI=1S/C28H26FN3O3.C9H15N/c1-16-22(29)14-20-25-27(16)35-24-13-18-7-4-3-6-17(18)12-23(24)32(25)15-21(26(20)33)28(34)30-10-9-19-8-5-11-31(19)2;1-7-6-10-5-4-9(10)3-2-8(7)9/h3-4,6-7,12-15,19H,5,8-11H2,1-2H3,(H,30,34);7-8H,2-6H2,1H3/t;7-,8?,9?/m.0/s1. The quantitative estimate of drug-likeness (QED) is 0.256. The molecule has 1 aliphatic carbocycles. The first-order valence-corrected chi connectivity index (χ1v) is 16.6. The van der Waals surface area contributed by atoms with Crippen molar-refractivity contribution < 1.29 is 13.9 Å². The fourth-order valence-electron chi connectivity index (χ4n) is 8.84. The molecule has 3 unspecified atom stereocenters. The molecule has 4 aromatic rings. The van der Waals surface area contributed by atoms with E-state index >= 15 is 0 Å². The minimum atomic E-state index is -0.540. The van der Waals surface area contributed by atoms with Crippen molar-refractivity contribution >= 4 is 27.6 Å². The van der Waals surface area contributed by atoms with Crippen molar-refractivity contribution in [3.63, 3.8) is 0 Å². The Morgan fingerprint density at radius 1 is 1.11 bits per heavy atom. The van der Waals surface area contributed by atoms with E-state index in [0.29, 0.717) is 40.9 Å². The maximum Gasteiger partial charge on any atom is 0.256 e. The SMILES string of the molecule is C[C@H]1CN2CCC23CCC13.Cc1c(F)cc2c(=O)c(C(=O)NCCC3CCCN3C)cn3c2c1Oc1cc2ccccc2cc1-3. The Hall–Kier alpha value is -3.75. The van der Waals surface area contributed by atoms with E-state index in [1.807, 2.05) is 36.4 Å². The van der Waals surface area contributed by atoms with Crippen LogP contribution < -0.4 is 15.5 Å². The molecule has 0 radical (unpaired) electrons. The molecule has 1 N–H and O–H groups in total. The van der Waals surface area contributed by atoms with Gasteiger partial charge in [0.2, 0.25) is 5.43 Å². The lowest BCUT2D eigenvalue weighted by atomic mass is 9.60. The number of benzene rings is 3. The number of nitrogens with zero attached hydrogens (tertiary/aromatic N) is 3. The number of rotatable bonds is 4. The number of likely N-dealkylation sites (tertiary alicyclic amines) is 1. The van der Waals surface area contributed by atoms with Gasteiger partial charge in [0, 0.05) is 43.0 Å². The van der Waals surface area contributed by atoms with E-state index in [2.05, 4.69) is 29.1 Å². The number of fused-ring (bicyclic) bond motifs is 3. The van der Waals surface area contributed by atoms with Crippen LogP contribution in [0, 0.1) is 24.6 Å². The van der Waals surface area contributed by atoms with Gasteiger partial charge in [-0.1, -0.05) is 31.2 Å². The minimum absolute atomic E-state index is 0.00696. The molecule has 5 aliphatic rings. The van der Waals surface area contributed by atoms with E-state index in [1.54, 1.807) is 17.7 Å². The second-order valence-corrected chi connectivity index (χ2v) is 14.0. The number of halogens is 1. The van der Waals surface area contributed by atoms with Crippen molar-refractivity contribution in [3.8, 4) is 17.2 Å². The number of hydrogen-bond donors (Lipinski definition) is 1. The molecule has 1 spiro atoms. The van der Waals surface area contributed by atoms with Crippen LogP contribution in [0.3, 0.4) is 0 Å². The molecule has 1 aromatic heterocycles. The Balaban J connectivity index is 0.000000251. The number of ether oxygens (including phenoxy) is 1. The molecular weight excluding hydrogens is 567 g/mol. The summed E-state index contributed by atoms with van der Waals surface area (Å²) >= 11 is 0. The predicted octanol–water partition coefficient (Wildman–Crippen LogP) is 6.40. The number of nitrogens with one attached hydrogen (secondary N) is 1. The van der Waals surface area contributed by atoms with Gasteiger partial charge in [-0.3, -0.25) is 14.5 Å². The normalized spacial score (nSPS) is 26.2. The summed E-state index contributed by atoms with van der Waals surface area (Å²) in [5.74, 6) is 1.97. The molecule has 4 atom stereocenters. The summed E-state index contributed by atoms with van der Waals surface area (Å²) < 4.78 is 22.8. The molecule has 3 saturated heterocycles. The van der Waals surface area contributed by atoms with E-state index < -0.39 is 17.2 Å². The highest BCUT2D eigenvalue weighted by Crippen LogP contribution is 2.59. The van der Waals surface area contributed by atoms with Crippen LogP contribution >= 0.6 is 0 Å². The van der Waals surface area contributed by atoms with Crippen LogP contribution in [0.2, 0.25) is 0 Å². The molecule has 3 aromatic carbocycles. The second-order valence-electron chi connectivity index (χ2n) is 14.0. The number of pyridine rings is 1. The fraction of sp³-hybridized carbons (Fsp3) is 0.459. The van der Waals surface area contributed by atoms with Gasteiger partial charge in [-0.2, -0.15) is 0 Å². The number of amides is 1. The second kappa shape index (κ2) is 10.7. The Kier molecular flexibility index (Phi) is 6.80. The zero-order valence-corrected chi connectivity index (χ0v) is 26.4. The largest absolute Gasteiger partial charge is 0.453 e. The monoisotopic (exact) mass is 608 g/mol. The lowest BCUT2D eigenvalue weighted by Crippen LogP contribution is -2.63. The van der Waals surface area contributed by atoms with Crippen molar-refractivity contribution in [3.05, 3.63) is 75.8 Å². The topological polar surface area (TPSA) is 66.8 Å². The third-order valence-corrected chi connectivity index (χ3v) is 11.6. The van der Waals surface area contributed by atoms with Crippen molar-refractivity contribution in [2.75, 3.05) is 33.2 Å². The minimum Gasteiger partial charge on any atom is -0.453 e. The smallest absolute Gasteiger partial charge is 0.256 e. The van der Waals surface area contributed by atoms with E-state index in [0.717, 1.165) is 54.0 Å². The average Bonchev–Trinajstić information content (AvgIpc) is 3.46. The van der Waals surface area contributed by atoms with Crippen LogP contribution in [0.15, 0.2) is 53.5 Å². The molecule has 8 heteroatoms. The molecule has 4 fully saturated rings. The lowest BCUT2D eigenvalue weighted by molar-refractivity contribution is -0.0690. The lowest BCUT2D eigenvalue weighted by Gasteiger charge is -2.58. The van der Waals surface area contributed by atoms with Crippen molar-refractivity contribution in [2.45, 2.75) is 64.0 Å². The van der Waals surface area contributed by atoms with Gasteiger partial charge in [0.15, 0.2) is 11.5 Å². The van der Waals surface area contributed by atoms with E-state index in [1.165, 1.54) is 38.4 Å². The van der Waals surface area contributed by atoms with Gasteiger partial charge >= 0.3 is 0 Å². The van der Waals surface area contributed by atoms with Gasteiger partial charge in [0.25, 0.3) is 5.91 Å². The predicted molar refractivity (Wildman–Crippen MR) is 175 cm³/mol. The molecule has 0 bridgehead atoms. The van der Waals surface area contributed by atoms with Crippen molar-refractivity contribution in [1.29, 1.82) is 0 Å². The molecule has 234 valence electrons. The van der Waals surface area contributed by atoms with Gasteiger partial charge in [0.1, 0.15) is 16.9 Å². The van der Waals surface area contributed by atoms with Crippen LogP contribution in [-0.2, 0) is 0 Å². The van der Waals surface area contributed by atoms with Gasteiger partial charge < -0.3 is 19.5 Å². The number of carbonyl (C=O) groups is 1. The van der Waals surface area contributed by atoms with E-state index in [4.69, 9.17) is 4.74 Å². The summed E-state index contributed by atoms with van der Waals surface area (Å²) in [6, 6.07) is 13.4. The Bertz CT molecular complexity index is 1920. The highest BCUT2D eigenvalue weighted by atomic mass is 19.1. The zero-order chi connectivity index (χ0) is 31.0. The molecule has 5 heterocycles. The third-order valence-electron chi connectivity index (χ3n) is 11.6. The van der Waals surface area contributed by atoms with Gasteiger partial charge in [-0.05, 0) is 99.8 Å². The summed E-state index contributed by atoms with van der Waals surface area (Å²) in [4.78, 5) is 31.5. The maximum atomic E-state index is 14.9. The summed E-state index contributed by atoms with van der Waals surface area (Å²) in [6.45, 7) is 8.42. The molecule has 45 heavy (non-hydrogen) atoms. The molecular formula is C37H41FN4O3. The van der Waals surface area contributed by atoms with Crippen LogP contribution in [0.25, 0.3) is 27.4 Å². The molecule has 4 aliphatic heterocycles. The van der Waals surface area contributed by atoms with Crippen LogP contribution in [0.4, 0.5) is 4.39 Å². The average molecular weight is 609 g/mol. The summed E-state index contributed by atoms with van der Waals surface area (Å²) in [5.41, 5.74) is 1.77. The van der Waals surface area contributed by atoms with Gasteiger partial charge in [0.05, 0.1) is 11.1 Å². The van der Waals surface area contributed by atoms with Crippen LogP contribution in [-0.4, -0.2) is 65.1 Å². The summed E-state index contributed by atoms with van der Waals surface area (Å²) in [5, 5.41) is 5.02. The summed E-state index contributed by atoms with van der Waals surface area (Å²) in [7, 11) is 2.09. The fourth-order valence-corrected chi connectivity index (χ4v) is 8.84. The van der Waals surface area contributed by atoms with Crippen LogP contribution in [0.5, 0.6) is 11.5 Å². The first-order chi connectivity index (χ1) is 21.7. The van der Waals surface area contributed by atoms with Crippen molar-refractivity contribution in [2.24, 2.45) is 11.8 Å². The van der Waals surface area contributed by atoms with E-state index in [-0.39, 0.29) is 10.9 Å². The number of carbonyl (C=O) groups excluding carboxylic acids is 1. The first-order valence-electron chi connectivity index (χ1n) is 16.6. The Labute approximate surface area is 262 Å². The Morgan fingerprint density at radius 3 is 2.56 bits per heavy atom. The van der Waals surface area contributed by atoms with Gasteiger partial charge in [-0.25, -0.2) is 4.39 Å². The van der Waals surface area contributed by atoms with Crippen molar-refractivity contribution in [1.82, 2.24) is 19.7 Å². The zero-order valence-electron chi connectivity index (χ0n) is 26.4. The molecule has 1 amide bonds. The number of aromatic nitrogens is 1. The van der Waals surface area contributed by atoms with Crippen LogP contribution in [0.1, 0.15) is 61.4 Å². The van der Waals surface area contributed by atoms with Gasteiger partial charge in [-0.15, -0.1) is 0 Å². The maximum absolute atomic E-state index is 14.9. The molecule has 9 rings (SSSR count). The highest BCUT2D eigenvalue weighted by molar-refractivity contribution is 6.00. The molecule has 7 nitrogen and oxygen atoms in total.